The van der Waals surface area contributed by atoms with Gasteiger partial charge in [-0.15, -0.1) is 0 Å². The van der Waals surface area contributed by atoms with E-state index in [0.717, 1.165) is 54.6 Å². The van der Waals surface area contributed by atoms with Gasteiger partial charge in [0.15, 0.2) is 5.78 Å². The third-order valence-corrected chi connectivity index (χ3v) is 11.8. The van der Waals surface area contributed by atoms with Crippen molar-refractivity contribution in [2.24, 2.45) is 5.41 Å². The Labute approximate surface area is 285 Å². The molecule has 1 fully saturated rings. The van der Waals surface area contributed by atoms with Crippen LogP contribution in [0.4, 0.5) is 13.2 Å². The predicted molar refractivity (Wildman–Crippen MR) is 186 cm³/mol. The lowest BCUT2D eigenvalue weighted by Crippen LogP contribution is -2.53. The number of β-amino-alcohol motifs (C(OH)–C–C–N with tert-alkyl or cyclic N) is 1. The summed E-state index contributed by atoms with van der Waals surface area (Å²) in [7, 11) is 0. The fourth-order valence-corrected chi connectivity index (χ4v) is 8.94. The Morgan fingerprint density at radius 1 is 1.02 bits per heavy atom. The maximum Gasteiger partial charge on any atom is 0.416 e. The van der Waals surface area contributed by atoms with E-state index in [4.69, 9.17) is 0 Å². The Morgan fingerprint density at radius 3 is 2.65 bits per heavy atom. The molecule has 1 aromatic heterocycles. The van der Waals surface area contributed by atoms with Crippen LogP contribution in [0.2, 0.25) is 0 Å². The molecule has 4 aliphatic rings. The quantitative estimate of drug-likeness (QED) is 0.150. The van der Waals surface area contributed by atoms with Crippen molar-refractivity contribution < 1.29 is 28.2 Å². The highest BCUT2D eigenvalue weighted by molar-refractivity contribution is 6.10. The molecule has 1 aliphatic heterocycles. The van der Waals surface area contributed by atoms with Gasteiger partial charge in [0.2, 0.25) is 0 Å². The highest BCUT2D eigenvalue weighted by atomic mass is 19.4. The van der Waals surface area contributed by atoms with Gasteiger partial charge in [-0.25, -0.2) is 0 Å². The second-order valence-corrected chi connectivity index (χ2v) is 14.9. The van der Waals surface area contributed by atoms with E-state index in [1.165, 1.54) is 34.3 Å². The van der Waals surface area contributed by atoms with E-state index in [-0.39, 0.29) is 11.5 Å². The maximum atomic E-state index is 14.2. The van der Waals surface area contributed by atoms with Gasteiger partial charge in [-0.05, 0) is 105 Å². The Hall–Kier alpha value is -3.72. The molecule has 5 nitrogen and oxygen atoms in total. The monoisotopic (exact) mass is 670 g/mol. The van der Waals surface area contributed by atoms with E-state index in [1.807, 2.05) is 18.2 Å². The summed E-state index contributed by atoms with van der Waals surface area (Å²) in [5.74, 6) is -0.674. The third-order valence-electron chi connectivity index (χ3n) is 11.8. The topological polar surface area (TPSA) is 76.6 Å². The summed E-state index contributed by atoms with van der Waals surface area (Å²) in [6.07, 6.45) is 2.16. The summed E-state index contributed by atoms with van der Waals surface area (Å²) in [6, 6.07) is 18.6. The molecule has 0 saturated heterocycles. The minimum Gasteiger partial charge on any atom is -0.393 e. The molecule has 4 aromatic rings. The number of para-hydroxylation sites is 1. The van der Waals surface area contributed by atoms with E-state index < -0.39 is 34.6 Å². The minimum atomic E-state index is -4.58. The third kappa shape index (κ3) is 6.39. The molecule has 49 heavy (non-hydrogen) atoms. The van der Waals surface area contributed by atoms with Crippen molar-refractivity contribution in [3.05, 3.63) is 117 Å². The number of hydrogen-bond acceptors (Lipinski definition) is 4. The number of nitrogens with one attached hydrogen (secondary N) is 1. The first kappa shape index (κ1) is 33.8. The number of carbonyl (C=O) groups excluding carboxylic acids is 1. The van der Waals surface area contributed by atoms with E-state index in [2.05, 4.69) is 48.0 Å². The van der Waals surface area contributed by atoms with Crippen LogP contribution in [0, 0.1) is 5.41 Å². The van der Waals surface area contributed by atoms with Crippen molar-refractivity contribution in [1.29, 1.82) is 0 Å². The average Bonchev–Trinajstić information content (AvgIpc) is 3.56. The normalized spacial score (nSPS) is 26.6. The number of aromatic nitrogens is 1. The number of halogens is 3. The Bertz CT molecular complexity index is 1910. The fourth-order valence-electron chi connectivity index (χ4n) is 8.94. The van der Waals surface area contributed by atoms with Crippen LogP contribution in [-0.2, 0) is 25.6 Å². The Morgan fingerprint density at radius 2 is 1.84 bits per heavy atom. The van der Waals surface area contributed by atoms with Crippen LogP contribution in [0.3, 0.4) is 0 Å². The molecule has 8 rings (SSSR count). The van der Waals surface area contributed by atoms with E-state index in [9.17, 15) is 28.2 Å². The number of aromatic amines is 1. The van der Waals surface area contributed by atoms with E-state index in [0.29, 0.717) is 50.8 Å². The lowest BCUT2D eigenvalue weighted by molar-refractivity contribution is -0.137. The highest BCUT2D eigenvalue weighted by Crippen LogP contribution is 2.59. The number of allylic oxidation sites excluding steroid dienone is 2. The minimum absolute atomic E-state index is 0.0223. The lowest BCUT2D eigenvalue weighted by atomic mass is 9.64. The summed E-state index contributed by atoms with van der Waals surface area (Å²) < 4.78 is 41.1. The number of alkyl halides is 3. The van der Waals surface area contributed by atoms with Gasteiger partial charge in [0.05, 0.1) is 17.3 Å². The molecule has 3 aliphatic carbocycles. The van der Waals surface area contributed by atoms with Gasteiger partial charge in [0.1, 0.15) is 0 Å². The summed E-state index contributed by atoms with van der Waals surface area (Å²) in [4.78, 5) is 20.2. The van der Waals surface area contributed by atoms with Crippen molar-refractivity contribution in [2.75, 3.05) is 13.1 Å². The highest BCUT2D eigenvalue weighted by Gasteiger charge is 2.57. The smallest absolute Gasteiger partial charge is 0.393 e. The maximum absolute atomic E-state index is 14.2. The molecule has 8 heteroatoms. The van der Waals surface area contributed by atoms with Crippen LogP contribution >= 0.6 is 0 Å². The van der Waals surface area contributed by atoms with Crippen LogP contribution in [0.15, 0.2) is 78.4 Å². The largest absolute Gasteiger partial charge is 0.416 e. The summed E-state index contributed by atoms with van der Waals surface area (Å²) in [5, 5.41) is 24.9. The summed E-state index contributed by atoms with van der Waals surface area (Å²) in [5.41, 5.74) is 4.16. The van der Waals surface area contributed by atoms with Crippen molar-refractivity contribution in [2.45, 2.75) is 95.6 Å². The summed E-state index contributed by atoms with van der Waals surface area (Å²) >= 11 is 0. The van der Waals surface area contributed by atoms with Crippen LogP contribution < -0.4 is 0 Å². The van der Waals surface area contributed by atoms with Gasteiger partial charge in [0.25, 0.3) is 0 Å². The number of fused-ring (bicyclic) bond motifs is 11. The van der Waals surface area contributed by atoms with E-state index >= 15 is 0 Å². The van der Waals surface area contributed by atoms with Gasteiger partial charge in [-0.1, -0.05) is 61.0 Å². The lowest BCUT2D eigenvalue weighted by Gasteiger charge is -2.46. The Balaban J connectivity index is 1.27. The van der Waals surface area contributed by atoms with Gasteiger partial charge >= 0.3 is 6.18 Å². The zero-order valence-electron chi connectivity index (χ0n) is 28.2. The number of ketones is 1. The number of carbonyl (C=O) groups is 1. The second kappa shape index (κ2) is 12.9. The average molecular weight is 671 g/mol. The standard InChI is InChI=1S/C41H45F3N2O3/c1-26-7-6-18-39(2)35(16-19-40(39,49)25-46-20-17-33-32-10-3-4-11-36(32)45-37(33)24-46)31-15-13-27(21-30(47)14-12-26)22-34(31)38(48)28-8-5-9-29(23-28)41(42,43)44/h3-5,7-11,13,15,22-23,30,35,45,47,49H,6,12,14,16-21,24-25H2,1-2H3/t30-,35-,39-,40+/m0/s1. The number of hydrogen-bond donors (Lipinski definition) is 3. The van der Waals surface area contributed by atoms with Gasteiger partial charge in [-0.2, -0.15) is 13.2 Å². The molecule has 1 saturated carbocycles. The molecule has 3 aromatic carbocycles. The molecule has 0 unspecified atom stereocenters. The number of H-pyrrole nitrogens is 1. The number of benzene rings is 3. The van der Waals surface area contributed by atoms with Crippen molar-refractivity contribution in [1.82, 2.24) is 9.88 Å². The van der Waals surface area contributed by atoms with E-state index in [1.54, 1.807) is 6.07 Å². The molecule has 4 atom stereocenters. The molecular weight excluding hydrogens is 625 g/mol. The molecule has 3 N–H and O–H groups in total. The van der Waals surface area contributed by atoms with Crippen LogP contribution in [0.25, 0.3) is 10.9 Å². The first-order valence-corrected chi connectivity index (χ1v) is 17.6. The second-order valence-electron chi connectivity index (χ2n) is 14.9. The number of nitrogens with zero attached hydrogens (tertiary/aromatic N) is 1. The molecule has 0 radical (unpaired) electrons. The molecule has 258 valence electrons. The van der Waals surface area contributed by atoms with Crippen LogP contribution in [0.5, 0.6) is 0 Å². The van der Waals surface area contributed by atoms with Crippen molar-refractivity contribution in [3.63, 3.8) is 0 Å². The van der Waals surface area contributed by atoms with Gasteiger partial charge < -0.3 is 15.2 Å². The zero-order chi connectivity index (χ0) is 34.6. The summed E-state index contributed by atoms with van der Waals surface area (Å²) in [6.45, 7) is 6.26. The first-order valence-electron chi connectivity index (χ1n) is 17.6. The fraction of sp³-hybridized carbons (Fsp3) is 0.439. The van der Waals surface area contributed by atoms with Crippen molar-refractivity contribution in [3.8, 4) is 0 Å². The number of rotatable bonds is 4. The molecule has 0 amide bonds. The van der Waals surface area contributed by atoms with Gasteiger partial charge in [-0.3, -0.25) is 9.69 Å². The zero-order valence-corrected chi connectivity index (χ0v) is 28.2. The van der Waals surface area contributed by atoms with Crippen LogP contribution in [0.1, 0.15) is 102 Å². The Kier molecular flexibility index (Phi) is 8.87. The predicted octanol–water partition coefficient (Wildman–Crippen LogP) is 8.51. The number of aliphatic hydroxyl groups is 2. The van der Waals surface area contributed by atoms with Gasteiger partial charge in [0, 0.05) is 52.8 Å². The first-order chi connectivity index (χ1) is 23.3. The molecule has 2 heterocycles. The number of aliphatic hydroxyl groups excluding tert-OH is 1. The van der Waals surface area contributed by atoms with Crippen molar-refractivity contribution >= 4 is 16.7 Å². The van der Waals surface area contributed by atoms with Crippen LogP contribution in [-0.4, -0.2) is 50.7 Å². The molecule has 2 bridgehead atoms. The molecule has 0 spiro atoms. The SMILES string of the molecule is CC1=CCC[C@@]2(C)[C@@H](CC[C@@]2(O)CN2CCc3c([nH]c4ccccc34)C2)c2ccc(cc2C(=O)c2cccc(C(F)(F)F)c2)C[C@@H](O)CC1. The molecular formula is C41H45F3N2O3.